The third kappa shape index (κ3) is 3.81. The van der Waals surface area contributed by atoms with Gasteiger partial charge in [-0.3, -0.25) is 0 Å². The van der Waals surface area contributed by atoms with Crippen LogP contribution in [0, 0.1) is 0 Å². The molecule has 19 heavy (non-hydrogen) atoms. The molecule has 0 amide bonds. The zero-order valence-corrected chi connectivity index (χ0v) is 14.8. The second kappa shape index (κ2) is 6.88. The van der Waals surface area contributed by atoms with E-state index < -0.39 is 0 Å². The fourth-order valence-corrected chi connectivity index (χ4v) is 2.82. The lowest BCUT2D eigenvalue weighted by atomic mass is 10.1. The van der Waals surface area contributed by atoms with Crippen molar-refractivity contribution in [3.05, 3.63) is 61.4 Å². The van der Waals surface area contributed by atoms with Crippen molar-refractivity contribution < 1.29 is 0 Å². The number of hydrogen-bond donors (Lipinski definition) is 2. The maximum Gasteiger partial charge on any atom is 0.0636 e. The highest BCUT2D eigenvalue weighted by Crippen LogP contribution is 2.29. The van der Waals surface area contributed by atoms with E-state index in [-0.39, 0.29) is 6.04 Å². The summed E-state index contributed by atoms with van der Waals surface area (Å²) >= 11 is 10.5. The summed E-state index contributed by atoms with van der Waals surface area (Å²) in [5, 5.41) is 3.45. The number of rotatable bonds is 4. The first kappa shape index (κ1) is 15.0. The first-order chi connectivity index (χ1) is 9.11. The van der Waals surface area contributed by atoms with Crippen molar-refractivity contribution in [3.63, 3.8) is 0 Å². The van der Waals surface area contributed by atoms with Crippen molar-refractivity contribution in [2.45, 2.75) is 6.04 Å². The Morgan fingerprint density at radius 2 is 1.68 bits per heavy atom. The topological polar surface area (TPSA) is 38.0 Å². The Hall–Kier alpha value is -0.360. The zero-order valence-electron chi connectivity index (χ0n) is 10.0. The first-order valence-electron chi connectivity index (χ1n) is 5.78. The van der Waals surface area contributed by atoms with E-state index in [0.29, 0.717) is 6.54 Å². The van der Waals surface area contributed by atoms with Crippen LogP contribution < -0.4 is 11.1 Å². The van der Waals surface area contributed by atoms with E-state index >= 15 is 0 Å². The SMILES string of the molecule is NCC(Nc1ccccc1Br)c1ccc(Br)c(Br)c1. The zero-order chi connectivity index (χ0) is 13.8. The predicted molar refractivity (Wildman–Crippen MR) is 91.4 cm³/mol. The van der Waals surface area contributed by atoms with Crippen molar-refractivity contribution in [1.29, 1.82) is 0 Å². The first-order valence-corrected chi connectivity index (χ1v) is 8.16. The van der Waals surface area contributed by atoms with Gasteiger partial charge in [-0.05, 0) is 77.6 Å². The van der Waals surface area contributed by atoms with Gasteiger partial charge in [-0.25, -0.2) is 0 Å². The Morgan fingerprint density at radius 3 is 2.32 bits per heavy atom. The monoisotopic (exact) mass is 446 g/mol. The lowest BCUT2D eigenvalue weighted by molar-refractivity contribution is 0.788. The molecule has 0 radical (unpaired) electrons. The number of benzene rings is 2. The number of para-hydroxylation sites is 1. The van der Waals surface area contributed by atoms with Crippen LogP contribution in [-0.4, -0.2) is 6.54 Å². The number of nitrogens with two attached hydrogens (primary N) is 1. The van der Waals surface area contributed by atoms with Crippen LogP contribution in [0.3, 0.4) is 0 Å². The molecule has 0 bridgehead atoms. The van der Waals surface area contributed by atoms with Gasteiger partial charge in [0.1, 0.15) is 0 Å². The molecule has 0 saturated heterocycles. The summed E-state index contributed by atoms with van der Waals surface area (Å²) in [5.74, 6) is 0. The summed E-state index contributed by atoms with van der Waals surface area (Å²) in [6, 6.07) is 14.3. The molecule has 3 N–H and O–H groups in total. The Morgan fingerprint density at radius 1 is 0.947 bits per heavy atom. The van der Waals surface area contributed by atoms with E-state index in [1.807, 2.05) is 30.3 Å². The van der Waals surface area contributed by atoms with Crippen LogP contribution in [0.5, 0.6) is 0 Å². The number of halogens is 3. The van der Waals surface area contributed by atoms with Gasteiger partial charge in [0, 0.05) is 25.7 Å². The van der Waals surface area contributed by atoms with Crippen LogP contribution in [0.25, 0.3) is 0 Å². The molecule has 0 aliphatic heterocycles. The summed E-state index contributed by atoms with van der Waals surface area (Å²) in [5.41, 5.74) is 8.07. The molecule has 100 valence electrons. The summed E-state index contributed by atoms with van der Waals surface area (Å²) in [4.78, 5) is 0. The third-order valence-corrected chi connectivity index (χ3v) is 5.36. The van der Waals surface area contributed by atoms with Crippen LogP contribution in [0.2, 0.25) is 0 Å². The molecular weight excluding hydrogens is 436 g/mol. The van der Waals surface area contributed by atoms with Gasteiger partial charge < -0.3 is 11.1 Å². The molecule has 0 aliphatic rings. The van der Waals surface area contributed by atoms with Gasteiger partial charge >= 0.3 is 0 Å². The quantitative estimate of drug-likeness (QED) is 0.684. The minimum atomic E-state index is 0.0723. The maximum atomic E-state index is 5.89. The molecule has 0 spiro atoms. The highest BCUT2D eigenvalue weighted by molar-refractivity contribution is 9.13. The van der Waals surface area contributed by atoms with Crippen LogP contribution >= 0.6 is 47.8 Å². The lowest BCUT2D eigenvalue weighted by Crippen LogP contribution is -2.20. The average molecular weight is 449 g/mol. The van der Waals surface area contributed by atoms with Crippen LogP contribution in [0.1, 0.15) is 11.6 Å². The Labute approximate surface area is 138 Å². The minimum Gasteiger partial charge on any atom is -0.376 e. The van der Waals surface area contributed by atoms with Gasteiger partial charge in [0.25, 0.3) is 0 Å². The second-order valence-corrected chi connectivity index (χ2v) is 6.65. The molecule has 0 fully saturated rings. The number of hydrogen-bond acceptors (Lipinski definition) is 2. The molecule has 1 atom stereocenters. The molecule has 2 aromatic rings. The van der Waals surface area contributed by atoms with Gasteiger partial charge in [-0.2, -0.15) is 0 Å². The average Bonchev–Trinajstić information content (AvgIpc) is 2.41. The van der Waals surface area contributed by atoms with E-state index in [9.17, 15) is 0 Å². The van der Waals surface area contributed by atoms with Gasteiger partial charge in [-0.15, -0.1) is 0 Å². The Kier molecular flexibility index (Phi) is 5.45. The van der Waals surface area contributed by atoms with Crippen LogP contribution in [0.4, 0.5) is 5.69 Å². The fraction of sp³-hybridized carbons (Fsp3) is 0.143. The van der Waals surface area contributed by atoms with Crippen molar-refractivity contribution in [1.82, 2.24) is 0 Å². The van der Waals surface area contributed by atoms with Gasteiger partial charge in [0.05, 0.1) is 6.04 Å². The predicted octanol–water partition coefficient (Wildman–Crippen LogP) is 5.09. The van der Waals surface area contributed by atoms with Crippen molar-refractivity contribution in [3.8, 4) is 0 Å². The molecular formula is C14H13Br3N2. The van der Waals surface area contributed by atoms with Crippen molar-refractivity contribution in [2.24, 2.45) is 5.73 Å². The largest absolute Gasteiger partial charge is 0.376 e. The second-order valence-electron chi connectivity index (χ2n) is 4.09. The normalized spacial score (nSPS) is 12.2. The summed E-state index contributed by atoms with van der Waals surface area (Å²) < 4.78 is 3.09. The van der Waals surface area contributed by atoms with Crippen LogP contribution in [0.15, 0.2) is 55.9 Å². The van der Waals surface area contributed by atoms with Crippen molar-refractivity contribution in [2.75, 3.05) is 11.9 Å². The van der Waals surface area contributed by atoms with Gasteiger partial charge in [0.2, 0.25) is 0 Å². The smallest absolute Gasteiger partial charge is 0.0636 e. The standard InChI is InChI=1S/C14H13Br3N2/c15-10-6-5-9(7-12(10)17)14(8-18)19-13-4-2-1-3-11(13)16/h1-7,14,19H,8,18H2. The van der Waals surface area contributed by atoms with Gasteiger partial charge in [0.15, 0.2) is 0 Å². The molecule has 5 heteroatoms. The Bertz CT molecular complexity index is 572. The molecule has 0 aromatic heterocycles. The summed E-state index contributed by atoms with van der Waals surface area (Å²) in [6.45, 7) is 0.523. The van der Waals surface area contributed by atoms with Crippen LogP contribution in [-0.2, 0) is 0 Å². The van der Waals surface area contributed by atoms with E-state index in [1.165, 1.54) is 0 Å². The van der Waals surface area contributed by atoms with E-state index in [0.717, 1.165) is 24.7 Å². The molecule has 0 heterocycles. The van der Waals surface area contributed by atoms with Gasteiger partial charge in [-0.1, -0.05) is 18.2 Å². The number of anilines is 1. The molecule has 2 nitrogen and oxygen atoms in total. The summed E-state index contributed by atoms with van der Waals surface area (Å²) in [6.07, 6.45) is 0. The molecule has 2 aromatic carbocycles. The molecule has 2 rings (SSSR count). The molecule has 0 aliphatic carbocycles. The summed E-state index contributed by atoms with van der Waals surface area (Å²) in [7, 11) is 0. The highest BCUT2D eigenvalue weighted by atomic mass is 79.9. The fourth-order valence-electron chi connectivity index (χ4n) is 1.77. The third-order valence-electron chi connectivity index (χ3n) is 2.79. The maximum absolute atomic E-state index is 5.89. The molecule has 1 unspecified atom stereocenters. The van der Waals surface area contributed by atoms with Crippen molar-refractivity contribution >= 4 is 53.5 Å². The van der Waals surface area contributed by atoms with E-state index in [2.05, 4.69) is 65.2 Å². The molecule has 0 saturated carbocycles. The lowest BCUT2D eigenvalue weighted by Gasteiger charge is -2.20. The minimum absolute atomic E-state index is 0.0723. The Balaban J connectivity index is 2.25. The van der Waals surface area contributed by atoms with E-state index in [1.54, 1.807) is 0 Å². The highest BCUT2D eigenvalue weighted by Gasteiger charge is 2.12. The van der Waals surface area contributed by atoms with E-state index in [4.69, 9.17) is 5.73 Å². The number of nitrogens with one attached hydrogen (secondary N) is 1.